The van der Waals surface area contributed by atoms with Gasteiger partial charge in [-0.2, -0.15) is 36.5 Å². The summed E-state index contributed by atoms with van der Waals surface area (Å²) in [6, 6.07) is 0. The molecule has 4 aromatic heterocycles. The van der Waals surface area contributed by atoms with E-state index < -0.39 is 35.7 Å². The smallest absolute Gasteiger partial charge is 0.434 e. The monoisotopic (exact) mass is 1930 g/mol. The Kier molecular flexibility index (Phi) is 67.4. The Morgan fingerprint density at radius 1 is 0.253 bits per heavy atom. The van der Waals surface area contributed by atoms with Crippen LogP contribution in [0.2, 0.25) is 0 Å². The number of terminal acetylenes is 1. The van der Waals surface area contributed by atoms with Gasteiger partial charge < -0.3 is 9.84 Å². The Hall–Kier alpha value is -28.4. The van der Waals surface area contributed by atoms with E-state index in [0.29, 0.717) is 0 Å². The first-order chi connectivity index (χ1) is 73.6. The van der Waals surface area contributed by atoms with Crippen LogP contribution in [0.4, 0.5) is 26.3 Å². The lowest BCUT2D eigenvalue weighted by Gasteiger charge is -2.02. The Balaban J connectivity index is 0.00000167. The summed E-state index contributed by atoms with van der Waals surface area (Å²) >= 11 is 1.52. The number of hydrogen-bond donors (Lipinski definition) is 1. The molecule has 0 fully saturated rings. The third-order valence-electron chi connectivity index (χ3n) is 11.5. The SMILES string of the molecule is C#CC#CC#CC#CC#CC#CC#CC#CC#CC#CC#CC#CC#CC#CC#CC#CC#CC#CC#CC#CC#CC#CC#CC#CC#CC#CC#CC#CC#CC#CC#CC#CC#CC#CC#CC#CC#CC#CC#CC#CC#CC#CC#CC#CC#CC#CC#CC#CC#CC#CC#CC#CC#CC#CC#CC#CC.COC(=O)c1c(-c2nc(C(F)(F)F)cs2)cnn1C.Cn1ncc(-c2nc(C(F)(F)F)cs2)c1C(=O)O. The van der Waals surface area contributed by atoms with E-state index in [0.717, 1.165) is 38.1 Å². The first-order valence-electron chi connectivity index (χ1n) is 37.9. The minimum Gasteiger partial charge on any atom is -0.477 e. The number of thiazole rings is 2. The van der Waals surface area contributed by atoms with Crippen LogP contribution >= 0.6 is 22.7 Å². The summed E-state index contributed by atoms with van der Waals surface area (Å²) in [5.74, 6) is 275. The summed E-state index contributed by atoms with van der Waals surface area (Å²) in [5.41, 5.74) is -1.88. The summed E-state index contributed by atoms with van der Waals surface area (Å²) < 4.78 is 81.5. The van der Waals surface area contributed by atoms with Crippen molar-refractivity contribution in [3.8, 4) is 685 Å². The lowest BCUT2D eigenvalue weighted by molar-refractivity contribution is -0.141. The lowest BCUT2D eigenvalue weighted by Crippen LogP contribution is -2.10. The second kappa shape index (κ2) is 86.0. The maximum absolute atomic E-state index is 12.5. The Morgan fingerprint density at radius 3 is 0.507 bits per heavy atom. The number of nitrogens with zero attached hydrogens (tertiary/aromatic N) is 6. The molecule has 0 aliphatic heterocycles. The van der Waals surface area contributed by atoms with Crippen LogP contribution in [0, 0.1) is 664 Å². The highest BCUT2D eigenvalue weighted by molar-refractivity contribution is 7.13. The molecule has 0 aromatic carbocycles. The van der Waals surface area contributed by atoms with E-state index in [9.17, 15) is 35.9 Å². The number of hydrogen-bond acceptors (Lipinski definition) is 9. The van der Waals surface area contributed by atoms with Gasteiger partial charge in [-0.1, -0.05) is 5.92 Å². The van der Waals surface area contributed by atoms with E-state index in [1.807, 2.05) is 0 Å². The van der Waals surface area contributed by atoms with Gasteiger partial charge in [0.05, 0.1) is 30.6 Å². The number of halogens is 6. The maximum atomic E-state index is 12.5. The highest BCUT2D eigenvalue weighted by Crippen LogP contribution is 2.36. The van der Waals surface area contributed by atoms with Crippen molar-refractivity contribution in [3.05, 3.63) is 45.9 Å². The van der Waals surface area contributed by atoms with Gasteiger partial charge in [0.1, 0.15) is 10.0 Å². The van der Waals surface area contributed by atoms with Gasteiger partial charge in [0.15, 0.2) is 22.8 Å². The molecule has 4 aromatic rings. The van der Waals surface area contributed by atoms with E-state index in [2.05, 4.69) is 682 Å². The average molecular weight is 1930 g/mol. The molecular formula is C132H18F6N6O4S2. The molecule has 4 heterocycles. The fourth-order valence-electron chi connectivity index (χ4n) is 6.28. The molecule has 0 aliphatic rings. The molecule has 0 bridgehead atoms. The van der Waals surface area contributed by atoms with Gasteiger partial charge in [-0.05, 0) is 102 Å². The first-order valence-corrected chi connectivity index (χ1v) is 39.6. The number of carboxylic acid groups (broad SMARTS) is 1. The van der Waals surface area contributed by atoms with Crippen LogP contribution in [0.15, 0.2) is 23.2 Å². The molecule has 0 unspecified atom stereocenters. The van der Waals surface area contributed by atoms with Crippen LogP contribution < -0.4 is 0 Å². The summed E-state index contributed by atoms with van der Waals surface area (Å²) in [4.78, 5) is 29.4. The molecule has 1 N–H and O–H groups in total. The second-order valence-corrected chi connectivity index (χ2v) is 22.7. The zero-order valence-electron chi connectivity index (χ0n) is 75.8. The topological polar surface area (TPSA) is 125 Å². The normalized spacial score (nSPS) is 5.87. The number of ether oxygens (including phenoxy) is 1. The van der Waals surface area contributed by atoms with Crippen molar-refractivity contribution < 1.29 is 45.8 Å². The zero-order valence-corrected chi connectivity index (χ0v) is 77.5. The molecule has 4 rings (SSSR count). The van der Waals surface area contributed by atoms with Crippen molar-refractivity contribution in [1.82, 2.24) is 29.5 Å². The van der Waals surface area contributed by atoms with E-state index >= 15 is 0 Å². The van der Waals surface area contributed by atoms with E-state index in [1.165, 1.54) is 38.3 Å². The quantitative estimate of drug-likeness (QED) is 0.163. The fourth-order valence-corrected chi connectivity index (χ4v) is 7.95. The number of carbonyl (C=O) groups excluding carboxylic acids is 1. The van der Waals surface area contributed by atoms with Crippen molar-refractivity contribution >= 4 is 34.6 Å². The minimum absolute atomic E-state index is 0.0205. The molecule has 0 saturated heterocycles. The molecular weight excluding hydrogens is 1910 g/mol. The van der Waals surface area contributed by atoms with Crippen molar-refractivity contribution in [2.24, 2.45) is 14.1 Å². The molecule has 18 heteroatoms. The van der Waals surface area contributed by atoms with Crippen molar-refractivity contribution in [3.63, 3.8) is 0 Å². The highest BCUT2D eigenvalue weighted by Gasteiger charge is 2.36. The first kappa shape index (κ1) is 118. The molecule has 150 heavy (non-hydrogen) atoms. The third-order valence-corrected chi connectivity index (χ3v) is 13.2. The third kappa shape index (κ3) is 69.4. The maximum Gasteiger partial charge on any atom is 0.434 e. The van der Waals surface area contributed by atoms with Crippen molar-refractivity contribution in [2.75, 3.05) is 7.11 Å². The van der Waals surface area contributed by atoms with Gasteiger partial charge in [-0.15, -0.1) is 29.1 Å². The molecule has 0 saturated carbocycles. The number of aromatic carboxylic acids is 1. The van der Waals surface area contributed by atoms with Crippen LogP contribution in [0.25, 0.3) is 21.1 Å². The molecule has 0 amide bonds. The van der Waals surface area contributed by atoms with Crippen LogP contribution in [0.5, 0.6) is 0 Å². The standard InChI is InChI=1S/C113H4.C10H8F3N3O2S.C9H6F3N3O2S/c1-3-5-7-9-11-13-15-17-19-21-23-25-27-29-31-33-35-37-39-41-43-45-47-49-51-53-55-57-59-61-63-65-67-69-71-73-75-77-79-81-83-85-87-89-91-93-95-97-99-101-103-105-107-109-111-113-112-110-108-106-104-102-100-98-96-94-92-90-88-86-84-82-80-78-76-74-72-70-68-66-64-62-60-58-56-54-52-50-48-46-44-42-40-38-36-34-32-30-28-26-24-22-20-18-16-14-12-10-8-6-4-2;1-16-7(9(17)18-2)5(3-14-16)8-15-6(4-19-8)10(11,12)13;1-15-6(8(16)17)4(2-13-15)7-14-5(3-18-7)9(10,11)12/h1H,2H3;3-4H,1-2H3;2-3H,1H3,(H,16,17). The molecule has 654 valence electrons. The number of rotatable bonds is 4. The molecule has 0 aliphatic carbocycles. The number of esters is 1. The Bertz CT molecular complexity index is 10300. The van der Waals surface area contributed by atoms with Crippen LogP contribution in [0.3, 0.4) is 0 Å². The number of aromatic nitrogens is 6. The Labute approximate surface area is 875 Å². The summed E-state index contributed by atoms with van der Waals surface area (Å²) in [7, 11) is 4.07. The van der Waals surface area contributed by atoms with Crippen LogP contribution in [-0.2, 0) is 31.2 Å². The second-order valence-electron chi connectivity index (χ2n) is 20.9. The highest BCUT2D eigenvalue weighted by atomic mass is 32.1. The summed E-state index contributed by atoms with van der Waals surface area (Å²) in [5, 5.41) is 18.3. The number of carboxylic acids is 1. The van der Waals surface area contributed by atoms with Gasteiger partial charge >= 0.3 is 24.3 Å². The lowest BCUT2D eigenvalue weighted by atomic mass is 10.2. The van der Waals surface area contributed by atoms with Gasteiger partial charge in [-0.3, -0.25) is 9.36 Å². The number of alkyl halides is 6. The van der Waals surface area contributed by atoms with Crippen LogP contribution in [0.1, 0.15) is 39.3 Å². The number of aryl methyl sites for hydroxylation is 2. The van der Waals surface area contributed by atoms with E-state index in [4.69, 9.17) is 11.5 Å². The molecule has 0 radical (unpaired) electrons. The molecule has 0 atom stereocenters. The fraction of sp³-hybridized carbons (Fsp3) is 0.0455. The van der Waals surface area contributed by atoms with Crippen molar-refractivity contribution in [1.29, 1.82) is 0 Å². The average Bonchev–Trinajstić information content (AvgIpc) is 1.66. The van der Waals surface area contributed by atoms with Gasteiger partial charge in [-0.25, -0.2) is 19.6 Å². The molecule has 0 spiro atoms. The van der Waals surface area contributed by atoms with Gasteiger partial charge in [0.25, 0.3) is 0 Å². The predicted molar refractivity (Wildman–Crippen MR) is 559 cm³/mol. The predicted octanol–water partition coefficient (Wildman–Crippen LogP) is 5.44. The van der Waals surface area contributed by atoms with Crippen molar-refractivity contribution in [2.45, 2.75) is 19.3 Å². The summed E-state index contributed by atoms with van der Waals surface area (Å²) in [6.45, 7) is 1.68. The zero-order chi connectivity index (χ0) is 108. The number of carbonyl (C=O) groups is 2. The van der Waals surface area contributed by atoms with Crippen LogP contribution in [-0.4, -0.2) is 53.7 Å². The van der Waals surface area contributed by atoms with Gasteiger partial charge in [0, 0.05) is 581 Å². The van der Waals surface area contributed by atoms with Gasteiger partial charge in [0.2, 0.25) is 0 Å². The number of methoxy groups -OCH3 is 1. The minimum atomic E-state index is -4.54. The largest absolute Gasteiger partial charge is 0.477 e. The molecule has 10 nitrogen and oxygen atoms in total. The Morgan fingerprint density at radius 2 is 0.387 bits per heavy atom. The van der Waals surface area contributed by atoms with E-state index in [-0.39, 0.29) is 32.5 Å². The van der Waals surface area contributed by atoms with E-state index in [1.54, 1.807) is 6.92 Å². The summed E-state index contributed by atoms with van der Waals surface area (Å²) in [6.07, 6.45) is -1.63.